The molecule has 2 atom stereocenters. The van der Waals surface area contributed by atoms with Gasteiger partial charge in [0.15, 0.2) is 7.98 Å². The van der Waals surface area contributed by atoms with Crippen molar-refractivity contribution in [3.8, 4) is 0 Å². The molecule has 6 heteroatoms. The maximum Gasteiger partial charge on any atom is 0.302 e. The second-order valence-electron chi connectivity index (χ2n) is 4.33. The van der Waals surface area contributed by atoms with Crippen LogP contribution < -0.4 is 0 Å². The van der Waals surface area contributed by atoms with Crippen molar-refractivity contribution in [2.75, 3.05) is 0 Å². The van der Waals surface area contributed by atoms with Crippen LogP contribution in [0.3, 0.4) is 0 Å². The van der Waals surface area contributed by atoms with Crippen LogP contribution in [-0.4, -0.2) is 51.0 Å². The standard InChI is InChI=1S/C8H14B3NO2/c1-8(2,3)12(11)7(10)5(9)4-6(13)14/h5,7H,4H2,1-3H3,(H,13,14). The summed E-state index contributed by atoms with van der Waals surface area (Å²) >= 11 is 0. The van der Waals surface area contributed by atoms with Crippen molar-refractivity contribution in [1.29, 1.82) is 0 Å². The molecule has 0 bridgehead atoms. The van der Waals surface area contributed by atoms with Crippen molar-refractivity contribution in [3.63, 3.8) is 0 Å². The monoisotopic (exact) mass is 189 g/mol. The topological polar surface area (TPSA) is 40.5 Å². The van der Waals surface area contributed by atoms with E-state index >= 15 is 0 Å². The summed E-state index contributed by atoms with van der Waals surface area (Å²) in [5, 5.41) is 8.52. The highest BCUT2D eigenvalue weighted by atomic mass is 16.4. The Balaban J connectivity index is 4.31. The summed E-state index contributed by atoms with van der Waals surface area (Å²) in [5.41, 5.74) is -0.338. The fraction of sp³-hybridized carbons (Fsp3) is 0.875. The Morgan fingerprint density at radius 1 is 1.43 bits per heavy atom. The van der Waals surface area contributed by atoms with E-state index in [-0.39, 0.29) is 12.0 Å². The summed E-state index contributed by atoms with van der Waals surface area (Å²) in [6.45, 7) is 5.63. The molecule has 0 aromatic carbocycles. The lowest BCUT2D eigenvalue weighted by Crippen LogP contribution is -2.49. The van der Waals surface area contributed by atoms with Crippen LogP contribution in [0.4, 0.5) is 0 Å². The average molecular weight is 189 g/mol. The van der Waals surface area contributed by atoms with Crippen molar-refractivity contribution in [3.05, 3.63) is 0 Å². The van der Waals surface area contributed by atoms with Gasteiger partial charge in [0, 0.05) is 12.0 Å². The summed E-state index contributed by atoms with van der Waals surface area (Å²) in [5.74, 6) is -2.31. The van der Waals surface area contributed by atoms with E-state index in [1.807, 2.05) is 20.8 Å². The molecule has 0 rings (SSSR count). The molecule has 0 aromatic rings. The second-order valence-corrected chi connectivity index (χ2v) is 4.33. The third kappa shape index (κ3) is 4.22. The molecule has 72 valence electrons. The average Bonchev–Trinajstić information content (AvgIpc) is 1.98. The van der Waals surface area contributed by atoms with Gasteiger partial charge in [0.1, 0.15) is 0 Å². The zero-order chi connectivity index (χ0) is 11.5. The van der Waals surface area contributed by atoms with Gasteiger partial charge < -0.3 is 9.92 Å². The van der Waals surface area contributed by atoms with Crippen LogP contribution in [0.1, 0.15) is 27.2 Å². The molecule has 3 nitrogen and oxygen atoms in total. The minimum atomic E-state index is -0.977. The lowest BCUT2D eigenvalue weighted by molar-refractivity contribution is -0.137. The highest BCUT2D eigenvalue weighted by molar-refractivity contribution is 6.24. The number of nitrogens with zero attached hydrogens (tertiary/aromatic N) is 1. The van der Waals surface area contributed by atoms with Gasteiger partial charge in [0.05, 0.1) is 15.7 Å². The Hall–Kier alpha value is -0.375. The summed E-state index contributed by atoms with van der Waals surface area (Å²) in [6.07, 6.45) is -0.190. The molecule has 6 radical (unpaired) electrons. The van der Waals surface area contributed by atoms with Gasteiger partial charge in [-0.05, 0) is 26.7 Å². The van der Waals surface area contributed by atoms with E-state index in [4.69, 9.17) is 28.8 Å². The summed E-state index contributed by atoms with van der Waals surface area (Å²) in [7, 11) is 17.0. The molecule has 0 aromatic heterocycles. The third-order valence-electron chi connectivity index (χ3n) is 1.94. The van der Waals surface area contributed by atoms with Crippen LogP contribution in [0.25, 0.3) is 0 Å². The zero-order valence-corrected chi connectivity index (χ0v) is 8.90. The molecule has 0 aliphatic heterocycles. The van der Waals surface area contributed by atoms with Crippen LogP contribution in [0.15, 0.2) is 0 Å². The lowest BCUT2D eigenvalue weighted by Gasteiger charge is -2.41. The van der Waals surface area contributed by atoms with Gasteiger partial charge in [-0.1, -0.05) is 5.82 Å². The molecule has 0 aliphatic rings. The molecule has 0 saturated carbocycles. The molecule has 0 heterocycles. The molecule has 0 saturated heterocycles. The number of hydrogen-bond donors (Lipinski definition) is 1. The molecule has 1 N–H and O–H groups in total. The predicted octanol–water partition coefficient (Wildman–Crippen LogP) is 0.0967. The maximum atomic E-state index is 10.4. The lowest BCUT2D eigenvalue weighted by atomic mass is 9.67. The first-order chi connectivity index (χ1) is 6.16. The third-order valence-corrected chi connectivity index (χ3v) is 1.94. The molecule has 0 amide bonds. The van der Waals surface area contributed by atoms with Gasteiger partial charge >= 0.3 is 5.97 Å². The quantitative estimate of drug-likeness (QED) is 0.637. The first kappa shape index (κ1) is 13.6. The van der Waals surface area contributed by atoms with E-state index in [2.05, 4.69) is 0 Å². The van der Waals surface area contributed by atoms with Crippen molar-refractivity contribution in [1.82, 2.24) is 4.81 Å². The Morgan fingerprint density at radius 3 is 2.14 bits per heavy atom. The summed E-state index contributed by atoms with van der Waals surface area (Å²) < 4.78 is 0. The summed E-state index contributed by atoms with van der Waals surface area (Å²) in [6, 6.07) is 0. The largest absolute Gasteiger partial charge is 0.481 e. The molecule has 0 spiro atoms. The van der Waals surface area contributed by atoms with Crippen LogP contribution in [0.5, 0.6) is 0 Å². The summed E-state index contributed by atoms with van der Waals surface area (Å²) in [4.78, 5) is 11.8. The van der Waals surface area contributed by atoms with Crippen LogP contribution in [0.2, 0.25) is 5.82 Å². The van der Waals surface area contributed by atoms with Crippen molar-refractivity contribution < 1.29 is 9.90 Å². The van der Waals surface area contributed by atoms with E-state index in [0.717, 1.165) is 0 Å². The Kier molecular flexibility index (Phi) is 4.79. The number of hydrogen-bond acceptors (Lipinski definition) is 2. The van der Waals surface area contributed by atoms with E-state index in [1.165, 1.54) is 4.81 Å². The van der Waals surface area contributed by atoms with Gasteiger partial charge in [-0.15, -0.1) is 0 Å². The highest BCUT2D eigenvalue weighted by Gasteiger charge is 2.25. The van der Waals surface area contributed by atoms with Crippen LogP contribution in [0, 0.1) is 0 Å². The zero-order valence-electron chi connectivity index (χ0n) is 8.90. The fourth-order valence-electron chi connectivity index (χ4n) is 0.976. The number of carboxylic acid groups (broad SMARTS) is 1. The normalized spacial score (nSPS) is 16.6. The predicted molar refractivity (Wildman–Crippen MR) is 58.6 cm³/mol. The van der Waals surface area contributed by atoms with Gasteiger partial charge in [0.25, 0.3) is 0 Å². The Bertz CT molecular complexity index is 205. The maximum absolute atomic E-state index is 10.4. The van der Waals surface area contributed by atoms with Gasteiger partial charge in [-0.2, -0.15) is 0 Å². The number of carboxylic acids is 1. The van der Waals surface area contributed by atoms with E-state index in [1.54, 1.807) is 0 Å². The molecular weight excluding hydrogens is 175 g/mol. The molecule has 0 aliphatic carbocycles. The fourth-order valence-corrected chi connectivity index (χ4v) is 0.976. The van der Waals surface area contributed by atoms with E-state index in [0.29, 0.717) is 0 Å². The van der Waals surface area contributed by atoms with Gasteiger partial charge in [-0.3, -0.25) is 4.79 Å². The first-order valence-electron chi connectivity index (χ1n) is 4.43. The smallest absolute Gasteiger partial charge is 0.302 e. The number of rotatable bonds is 4. The van der Waals surface area contributed by atoms with Crippen molar-refractivity contribution >= 4 is 29.6 Å². The minimum absolute atomic E-state index is 0.190. The number of carbonyl (C=O) groups is 1. The Labute approximate surface area is 89.5 Å². The van der Waals surface area contributed by atoms with Gasteiger partial charge in [-0.25, -0.2) is 0 Å². The second kappa shape index (κ2) is 4.92. The van der Waals surface area contributed by atoms with Gasteiger partial charge in [0.2, 0.25) is 0 Å². The van der Waals surface area contributed by atoms with Crippen molar-refractivity contribution in [2.45, 2.75) is 44.5 Å². The molecule has 0 fully saturated rings. The van der Waals surface area contributed by atoms with E-state index < -0.39 is 17.7 Å². The molecule has 14 heavy (non-hydrogen) atoms. The highest BCUT2D eigenvalue weighted by Crippen LogP contribution is 2.20. The molecular formula is C8H14B3NO2. The van der Waals surface area contributed by atoms with Crippen LogP contribution in [-0.2, 0) is 4.79 Å². The first-order valence-corrected chi connectivity index (χ1v) is 4.43. The number of aliphatic carboxylic acids is 1. The van der Waals surface area contributed by atoms with E-state index in [9.17, 15) is 4.79 Å². The minimum Gasteiger partial charge on any atom is -0.481 e. The van der Waals surface area contributed by atoms with Crippen LogP contribution >= 0.6 is 0 Å². The SMILES string of the molecule is [B]C(CC(=O)O)C([B])N([B])C(C)(C)C. The Morgan fingerprint density at radius 2 is 1.86 bits per heavy atom. The molecule has 2 unspecified atom stereocenters. The van der Waals surface area contributed by atoms with Crippen molar-refractivity contribution in [2.24, 2.45) is 0 Å².